The van der Waals surface area contributed by atoms with Crippen molar-refractivity contribution < 1.29 is 4.74 Å². The van der Waals surface area contributed by atoms with Gasteiger partial charge < -0.3 is 4.74 Å². The van der Waals surface area contributed by atoms with Gasteiger partial charge in [-0.1, -0.05) is 61.6 Å². The predicted octanol–water partition coefficient (Wildman–Crippen LogP) is 7.10. The fourth-order valence-electron chi connectivity index (χ4n) is 3.41. The molecule has 3 aromatic rings. The highest BCUT2D eigenvalue weighted by Crippen LogP contribution is 2.38. The van der Waals surface area contributed by atoms with Gasteiger partial charge in [0.2, 0.25) is 0 Å². The van der Waals surface area contributed by atoms with E-state index in [1.165, 1.54) is 30.4 Å². The Kier molecular flexibility index (Phi) is 7.98. The van der Waals surface area contributed by atoms with Crippen LogP contribution in [0.2, 0.25) is 0 Å². The van der Waals surface area contributed by atoms with Gasteiger partial charge in [-0.3, -0.25) is 0 Å². The second-order valence-corrected chi connectivity index (χ2v) is 7.52. The van der Waals surface area contributed by atoms with Crippen LogP contribution in [0.15, 0.2) is 66.7 Å². The molecule has 0 radical (unpaired) electrons. The van der Waals surface area contributed by atoms with Gasteiger partial charge >= 0.3 is 0 Å². The molecule has 0 spiro atoms. The zero-order valence-electron chi connectivity index (χ0n) is 19.0. The van der Waals surface area contributed by atoms with Crippen LogP contribution in [0.5, 0.6) is 5.75 Å². The molecule has 0 saturated heterocycles. The van der Waals surface area contributed by atoms with Crippen LogP contribution in [-0.4, -0.2) is 7.11 Å². The molecule has 1 aliphatic carbocycles. The van der Waals surface area contributed by atoms with Crippen LogP contribution in [-0.2, 0) is 0 Å². The minimum absolute atomic E-state index is 0.608. The molecule has 3 aromatic carbocycles. The predicted molar refractivity (Wildman–Crippen MR) is 131 cm³/mol. The first-order valence-corrected chi connectivity index (χ1v) is 11.1. The number of rotatable bonds is 2. The van der Waals surface area contributed by atoms with E-state index in [9.17, 15) is 0 Å². The third-order valence-corrected chi connectivity index (χ3v) is 5.43. The highest BCUT2D eigenvalue weighted by molar-refractivity contribution is 5.53. The summed E-state index contributed by atoms with van der Waals surface area (Å²) in [5.74, 6) is 14.7. The number of methoxy groups -OCH3 is 1. The summed E-state index contributed by atoms with van der Waals surface area (Å²) in [6.45, 7) is 6.09. The summed E-state index contributed by atoms with van der Waals surface area (Å²) in [6, 6.07) is 22.7. The molecule has 0 atom stereocenters. The van der Waals surface area contributed by atoms with Crippen molar-refractivity contribution >= 4 is 0 Å². The third kappa shape index (κ3) is 6.04. The molecule has 0 unspecified atom stereocenters. The van der Waals surface area contributed by atoms with Crippen molar-refractivity contribution in [1.82, 2.24) is 0 Å². The molecule has 0 bridgehead atoms. The standard InChI is InChI=1S/C28H24O.C2H6/c1-21-6-8-22(9-7-21)10-11-24-13-17-26(28(20-24)25-4-3-5-25)16-12-23-14-18-27(29-2)19-15-23;1-2/h6-9,13-15,17-20,25H,3-5H2,1-2H3;1-2H3. The Balaban J connectivity index is 0.00000132. The number of hydrogen-bond donors (Lipinski definition) is 0. The van der Waals surface area contributed by atoms with Gasteiger partial charge in [0, 0.05) is 22.3 Å². The highest BCUT2D eigenvalue weighted by atomic mass is 16.5. The van der Waals surface area contributed by atoms with E-state index in [4.69, 9.17) is 4.74 Å². The van der Waals surface area contributed by atoms with Gasteiger partial charge in [-0.25, -0.2) is 0 Å². The molecular formula is C30H30O. The summed E-state index contributed by atoms with van der Waals surface area (Å²) < 4.78 is 5.22. The second-order valence-electron chi connectivity index (χ2n) is 7.52. The van der Waals surface area contributed by atoms with Crippen molar-refractivity contribution in [1.29, 1.82) is 0 Å². The zero-order chi connectivity index (χ0) is 22.1. The van der Waals surface area contributed by atoms with Crippen LogP contribution >= 0.6 is 0 Å². The summed E-state index contributed by atoms with van der Waals surface area (Å²) >= 11 is 0. The first kappa shape index (κ1) is 22.3. The van der Waals surface area contributed by atoms with Crippen LogP contribution in [0.25, 0.3) is 0 Å². The Hall–Kier alpha value is -3.42. The molecule has 31 heavy (non-hydrogen) atoms. The van der Waals surface area contributed by atoms with E-state index in [0.29, 0.717) is 5.92 Å². The molecule has 4 rings (SSSR count). The van der Waals surface area contributed by atoms with E-state index in [2.05, 4.69) is 73.1 Å². The molecule has 0 amide bonds. The molecular weight excluding hydrogens is 376 g/mol. The molecule has 0 aromatic heterocycles. The monoisotopic (exact) mass is 406 g/mol. The molecule has 0 aliphatic heterocycles. The van der Waals surface area contributed by atoms with E-state index in [1.54, 1.807) is 7.11 Å². The van der Waals surface area contributed by atoms with Gasteiger partial charge in [0.05, 0.1) is 7.11 Å². The maximum Gasteiger partial charge on any atom is 0.118 e. The third-order valence-electron chi connectivity index (χ3n) is 5.43. The summed E-state index contributed by atoms with van der Waals surface area (Å²) in [4.78, 5) is 0. The van der Waals surface area contributed by atoms with Gasteiger partial charge in [0.15, 0.2) is 0 Å². The molecule has 0 heterocycles. The van der Waals surface area contributed by atoms with Gasteiger partial charge in [0.25, 0.3) is 0 Å². The molecule has 0 N–H and O–H groups in total. The Morgan fingerprint density at radius 1 is 0.710 bits per heavy atom. The Morgan fingerprint density at radius 2 is 1.26 bits per heavy atom. The smallest absolute Gasteiger partial charge is 0.118 e. The molecule has 1 nitrogen and oxygen atoms in total. The van der Waals surface area contributed by atoms with Crippen LogP contribution in [0.4, 0.5) is 0 Å². The SMILES string of the molecule is CC.COc1ccc(C#Cc2ccc(C#Cc3ccc(C)cc3)cc2C2CCC2)cc1. The van der Waals surface area contributed by atoms with Gasteiger partial charge in [-0.2, -0.15) is 0 Å². The van der Waals surface area contributed by atoms with E-state index in [1.807, 2.05) is 38.1 Å². The van der Waals surface area contributed by atoms with Gasteiger partial charge in [-0.15, -0.1) is 0 Å². The largest absolute Gasteiger partial charge is 0.497 e. The lowest BCUT2D eigenvalue weighted by atomic mass is 9.78. The molecule has 156 valence electrons. The van der Waals surface area contributed by atoms with Crippen molar-refractivity contribution in [2.75, 3.05) is 7.11 Å². The average molecular weight is 407 g/mol. The first-order chi connectivity index (χ1) is 15.2. The minimum Gasteiger partial charge on any atom is -0.497 e. The van der Waals surface area contributed by atoms with Crippen LogP contribution in [0, 0.1) is 30.6 Å². The number of aryl methyl sites for hydroxylation is 1. The van der Waals surface area contributed by atoms with Crippen molar-refractivity contribution in [3.63, 3.8) is 0 Å². The summed E-state index contributed by atoms with van der Waals surface area (Å²) in [7, 11) is 1.68. The fourth-order valence-corrected chi connectivity index (χ4v) is 3.41. The lowest BCUT2D eigenvalue weighted by molar-refractivity contribution is 0.415. The van der Waals surface area contributed by atoms with Gasteiger partial charge in [0.1, 0.15) is 5.75 Å². The molecule has 1 fully saturated rings. The second kappa shape index (κ2) is 11.1. The Morgan fingerprint density at radius 3 is 1.84 bits per heavy atom. The lowest BCUT2D eigenvalue weighted by Crippen LogP contribution is -2.10. The van der Waals surface area contributed by atoms with Crippen molar-refractivity contribution in [3.8, 4) is 29.4 Å². The van der Waals surface area contributed by atoms with E-state index in [-0.39, 0.29) is 0 Å². The highest BCUT2D eigenvalue weighted by Gasteiger charge is 2.21. The first-order valence-electron chi connectivity index (χ1n) is 11.1. The number of ether oxygens (including phenoxy) is 1. The minimum atomic E-state index is 0.608. The number of benzene rings is 3. The summed E-state index contributed by atoms with van der Waals surface area (Å²) in [5.41, 5.74) is 6.81. The summed E-state index contributed by atoms with van der Waals surface area (Å²) in [6.07, 6.45) is 3.79. The fraction of sp³-hybridized carbons (Fsp3) is 0.267. The van der Waals surface area contributed by atoms with E-state index < -0.39 is 0 Å². The quantitative estimate of drug-likeness (QED) is 0.413. The van der Waals surface area contributed by atoms with Crippen molar-refractivity contribution in [2.45, 2.75) is 46.0 Å². The number of hydrogen-bond acceptors (Lipinski definition) is 1. The normalized spacial score (nSPS) is 12.1. The van der Waals surface area contributed by atoms with Crippen molar-refractivity contribution in [2.24, 2.45) is 0 Å². The van der Waals surface area contributed by atoms with Crippen LogP contribution in [0.3, 0.4) is 0 Å². The van der Waals surface area contributed by atoms with Gasteiger partial charge in [-0.05, 0) is 85.8 Å². The lowest BCUT2D eigenvalue weighted by Gasteiger charge is -2.27. The maximum absolute atomic E-state index is 5.22. The maximum atomic E-state index is 5.22. The zero-order valence-corrected chi connectivity index (χ0v) is 19.0. The molecule has 1 heteroatoms. The van der Waals surface area contributed by atoms with Crippen LogP contribution in [0.1, 0.15) is 72.4 Å². The Labute approximate surface area is 187 Å². The van der Waals surface area contributed by atoms with E-state index >= 15 is 0 Å². The van der Waals surface area contributed by atoms with Crippen molar-refractivity contribution in [3.05, 3.63) is 100 Å². The van der Waals surface area contributed by atoms with Crippen LogP contribution < -0.4 is 4.74 Å². The Bertz CT molecular complexity index is 1110. The average Bonchev–Trinajstić information content (AvgIpc) is 2.78. The molecule has 1 saturated carbocycles. The summed E-state index contributed by atoms with van der Waals surface area (Å²) in [5, 5.41) is 0. The molecule has 1 aliphatic rings. The van der Waals surface area contributed by atoms with E-state index in [0.717, 1.165) is 28.0 Å². The topological polar surface area (TPSA) is 9.23 Å².